The van der Waals surface area contributed by atoms with Crippen LogP contribution in [0.15, 0.2) is 78.9 Å². The van der Waals surface area contributed by atoms with Crippen molar-refractivity contribution < 1.29 is 4.79 Å². The van der Waals surface area contributed by atoms with Gasteiger partial charge in [0.25, 0.3) is 5.91 Å². The van der Waals surface area contributed by atoms with Gasteiger partial charge in [0.1, 0.15) is 0 Å². The highest BCUT2D eigenvalue weighted by atomic mass is 35.5. The zero-order chi connectivity index (χ0) is 23.6. The molecule has 5 heteroatoms. The molecule has 1 N–H and O–H groups in total. The van der Waals surface area contributed by atoms with Crippen molar-refractivity contribution in [2.24, 2.45) is 5.92 Å². The number of hydrogen-bond donors (Lipinski definition) is 1. The van der Waals surface area contributed by atoms with Gasteiger partial charge in [-0.1, -0.05) is 66.2 Å². The molecule has 1 aliphatic rings. The van der Waals surface area contributed by atoms with E-state index in [4.69, 9.17) is 11.6 Å². The van der Waals surface area contributed by atoms with Crippen LogP contribution in [-0.2, 0) is 18.7 Å². The van der Waals surface area contributed by atoms with Gasteiger partial charge in [-0.25, -0.2) is 0 Å². The fourth-order valence-electron chi connectivity index (χ4n) is 4.43. The molecule has 0 saturated carbocycles. The minimum Gasteiger partial charge on any atom is -0.351 e. The monoisotopic (exact) mass is 492 g/mol. The van der Waals surface area contributed by atoms with Crippen molar-refractivity contribution in [3.63, 3.8) is 0 Å². The van der Waals surface area contributed by atoms with Crippen LogP contribution in [0.5, 0.6) is 0 Å². The summed E-state index contributed by atoms with van der Waals surface area (Å²) in [5, 5.41) is 3.79. The summed E-state index contributed by atoms with van der Waals surface area (Å²) < 4.78 is 0. The summed E-state index contributed by atoms with van der Waals surface area (Å²) in [6, 6.07) is 26.9. The molecule has 3 aromatic rings. The Hall–Kier alpha value is -2.27. The fourth-order valence-corrected chi connectivity index (χ4v) is 5.37. The Labute approximate surface area is 212 Å². The Bertz CT molecular complexity index is 1020. The molecule has 1 amide bonds. The number of piperidine rings is 1. The van der Waals surface area contributed by atoms with E-state index in [1.165, 1.54) is 36.0 Å². The Morgan fingerprint density at radius 3 is 2.26 bits per heavy atom. The molecule has 1 aliphatic heterocycles. The van der Waals surface area contributed by atoms with E-state index in [0.29, 0.717) is 6.54 Å². The number of carbonyl (C=O) groups excluding carboxylic acids is 1. The zero-order valence-electron chi connectivity index (χ0n) is 19.6. The van der Waals surface area contributed by atoms with Crippen molar-refractivity contribution >= 4 is 29.3 Å². The highest BCUT2D eigenvalue weighted by molar-refractivity contribution is 7.98. The lowest BCUT2D eigenvalue weighted by Crippen LogP contribution is -2.33. The molecule has 0 atom stereocenters. The van der Waals surface area contributed by atoms with Crippen molar-refractivity contribution in [1.82, 2.24) is 10.2 Å². The second kappa shape index (κ2) is 13.0. The van der Waals surface area contributed by atoms with E-state index in [1.54, 1.807) is 0 Å². The van der Waals surface area contributed by atoms with E-state index in [9.17, 15) is 4.79 Å². The first-order chi connectivity index (χ1) is 16.7. The molecule has 0 aromatic heterocycles. The average molecular weight is 493 g/mol. The maximum atomic E-state index is 12.5. The van der Waals surface area contributed by atoms with E-state index in [2.05, 4.69) is 52.7 Å². The molecule has 3 aromatic carbocycles. The first-order valence-electron chi connectivity index (χ1n) is 12.1. The van der Waals surface area contributed by atoms with Crippen LogP contribution in [0, 0.1) is 5.92 Å². The largest absolute Gasteiger partial charge is 0.351 e. The van der Waals surface area contributed by atoms with Crippen molar-refractivity contribution in [3.05, 3.63) is 106 Å². The number of carbonyl (C=O) groups is 1. The first kappa shape index (κ1) is 24.8. The highest BCUT2D eigenvalue weighted by Gasteiger charge is 2.19. The minimum atomic E-state index is 0.000342. The van der Waals surface area contributed by atoms with Crippen LogP contribution in [0.1, 0.15) is 39.9 Å². The van der Waals surface area contributed by atoms with E-state index >= 15 is 0 Å². The highest BCUT2D eigenvalue weighted by Crippen LogP contribution is 2.23. The van der Waals surface area contributed by atoms with Crippen molar-refractivity contribution in [2.75, 3.05) is 25.4 Å². The molecule has 0 spiro atoms. The van der Waals surface area contributed by atoms with Crippen LogP contribution >= 0.6 is 23.4 Å². The SMILES string of the molecule is O=C(NCCSCc1ccc(Cl)cc1)c1ccc(CN2CCC(Cc3ccccc3)CC2)cc1. The number of nitrogens with one attached hydrogen (secondary N) is 1. The van der Waals surface area contributed by atoms with E-state index in [-0.39, 0.29) is 5.91 Å². The Balaban J connectivity index is 1.13. The molecule has 0 unspecified atom stereocenters. The molecule has 1 heterocycles. The standard InChI is InChI=1S/C29H33ClN2OS/c30-28-12-8-26(9-13-28)22-34-19-16-31-29(33)27-10-6-25(7-11-27)21-32-17-14-24(15-18-32)20-23-4-2-1-3-5-23/h1-13,24H,14-22H2,(H,31,33). The number of amides is 1. The predicted octanol–water partition coefficient (Wildman–Crippen LogP) is 6.46. The molecule has 3 nitrogen and oxygen atoms in total. The van der Waals surface area contributed by atoms with Gasteiger partial charge in [0, 0.05) is 35.2 Å². The van der Waals surface area contributed by atoms with Crippen LogP contribution in [-0.4, -0.2) is 36.2 Å². The van der Waals surface area contributed by atoms with Gasteiger partial charge in [-0.15, -0.1) is 0 Å². The summed E-state index contributed by atoms with van der Waals surface area (Å²) in [7, 11) is 0. The number of hydrogen-bond acceptors (Lipinski definition) is 3. The lowest BCUT2D eigenvalue weighted by atomic mass is 9.90. The predicted molar refractivity (Wildman–Crippen MR) is 145 cm³/mol. The first-order valence-corrected chi connectivity index (χ1v) is 13.6. The van der Waals surface area contributed by atoms with Gasteiger partial charge in [-0.05, 0) is 79.2 Å². The molecule has 0 radical (unpaired) electrons. The topological polar surface area (TPSA) is 32.3 Å². The van der Waals surface area contributed by atoms with Crippen LogP contribution in [0.3, 0.4) is 0 Å². The Morgan fingerprint density at radius 1 is 0.882 bits per heavy atom. The number of benzene rings is 3. The third kappa shape index (κ3) is 7.90. The summed E-state index contributed by atoms with van der Waals surface area (Å²) in [6.07, 6.45) is 3.70. The number of thioether (sulfide) groups is 1. The lowest BCUT2D eigenvalue weighted by molar-refractivity contribution is 0.0956. The molecule has 1 fully saturated rings. The van der Waals surface area contributed by atoms with Crippen molar-refractivity contribution in [1.29, 1.82) is 0 Å². The molecule has 34 heavy (non-hydrogen) atoms. The molecule has 4 rings (SSSR count). The van der Waals surface area contributed by atoms with Gasteiger partial charge in [0.2, 0.25) is 0 Å². The van der Waals surface area contributed by atoms with Gasteiger partial charge in [-0.2, -0.15) is 11.8 Å². The number of nitrogens with zero attached hydrogens (tertiary/aromatic N) is 1. The summed E-state index contributed by atoms with van der Waals surface area (Å²) in [5.41, 5.74) is 4.70. The second-order valence-corrected chi connectivity index (χ2v) is 10.6. The quantitative estimate of drug-likeness (QED) is 0.330. The smallest absolute Gasteiger partial charge is 0.251 e. The zero-order valence-corrected chi connectivity index (χ0v) is 21.2. The number of rotatable bonds is 10. The number of halogens is 1. The van der Waals surface area contributed by atoms with Crippen LogP contribution in [0.25, 0.3) is 0 Å². The summed E-state index contributed by atoms with van der Waals surface area (Å²) >= 11 is 7.73. The minimum absolute atomic E-state index is 0.000342. The summed E-state index contributed by atoms with van der Waals surface area (Å²) in [5.74, 6) is 2.59. The summed E-state index contributed by atoms with van der Waals surface area (Å²) in [4.78, 5) is 15.0. The van der Waals surface area contributed by atoms with Crippen molar-refractivity contribution in [3.8, 4) is 0 Å². The second-order valence-electron chi connectivity index (χ2n) is 9.04. The number of likely N-dealkylation sites (tertiary alicyclic amines) is 1. The van der Waals surface area contributed by atoms with E-state index in [0.717, 1.165) is 47.6 Å². The summed E-state index contributed by atoms with van der Waals surface area (Å²) in [6.45, 7) is 3.92. The maximum Gasteiger partial charge on any atom is 0.251 e. The van der Waals surface area contributed by atoms with Gasteiger partial charge in [0.05, 0.1) is 0 Å². The third-order valence-electron chi connectivity index (χ3n) is 6.41. The van der Waals surface area contributed by atoms with Crippen LogP contribution < -0.4 is 5.32 Å². The van der Waals surface area contributed by atoms with Crippen LogP contribution in [0.4, 0.5) is 0 Å². The van der Waals surface area contributed by atoms with Crippen molar-refractivity contribution in [2.45, 2.75) is 31.6 Å². The van der Waals surface area contributed by atoms with E-state index < -0.39 is 0 Å². The van der Waals surface area contributed by atoms with Gasteiger partial charge in [-0.3, -0.25) is 9.69 Å². The molecule has 0 aliphatic carbocycles. The lowest BCUT2D eigenvalue weighted by Gasteiger charge is -2.32. The Morgan fingerprint density at radius 2 is 1.56 bits per heavy atom. The fraction of sp³-hybridized carbons (Fsp3) is 0.345. The Kier molecular flexibility index (Phi) is 9.49. The van der Waals surface area contributed by atoms with Gasteiger partial charge >= 0.3 is 0 Å². The van der Waals surface area contributed by atoms with Gasteiger partial charge < -0.3 is 5.32 Å². The normalized spacial score (nSPS) is 14.7. The van der Waals surface area contributed by atoms with Gasteiger partial charge in [0.15, 0.2) is 0 Å². The molecule has 1 saturated heterocycles. The molecular weight excluding hydrogens is 460 g/mol. The molecular formula is C29H33ClN2OS. The average Bonchev–Trinajstić information content (AvgIpc) is 2.87. The molecule has 178 valence electrons. The van der Waals surface area contributed by atoms with Crippen LogP contribution in [0.2, 0.25) is 5.02 Å². The molecule has 0 bridgehead atoms. The maximum absolute atomic E-state index is 12.5. The third-order valence-corrected chi connectivity index (χ3v) is 7.69. The van der Waals surface area contributed by atoms with E-state index in [1.807, 2.05) is 48.2 Å².